The average molecular weight is 273 g/mol. The second-order valence-corrected chi connectivity index (χ2v) is 5.87. The van der Waals surface area contributed by atoms with E-state index in [4.69, 9.17) is 0 Å². The summed E-state index contributed by atoms with van der Waals surface area (Å²) in [6.07, 6.45) is 1.75. The van der Waals surface area contributed by atoms with Gasteiger partial charge in [0.1, 0.15) is 0 Å². The van der Waals surface area contributed by atoms with Crippen LogP contribution < -0.4 is 10.2 Å². The first-order valence-corrected chi connectivity index (χ1v) is 7.47. The van der Waals surface area contributed by atoms with Crippen molar-refractivity contribution in [2.24, 2.45) is 0 Å². The van der Waals surface area contributed by atoms with Gasteiger partial charge in [-0.3, -0.25) is 4.79 Å². The lowest BCUT2D eigenvalue weighted by molar-refractivity contribution is -0.129. The zero-order chi connectivity index (χ0) is 14.1. The molecule has 1 aromatic rings. The summed E-state index contributed by atoms with van der Waals surface area (Å²) in [4.78, 5) is 16.2. The number of fused-ring (bicyclic) bond motifs is 1. The van der Waals surface area contributed by atoms with Crippen molar-refractivity contribution in [3.8, 4) is 0 Å². The first kappa shape index (κ1) is 13.4. The van der Waals surface area contributed by atoms with Crippen LogP contribution in [0.25, 0.3) is 0 Å². The van der Waals surface area contributed by atoms with Crippen molar-refractivity contribution in [3.05, 3.63) is 29.3 Å². The number of hydrogen-bond donors (Lipinski definition) is 1. The summed E-state index contributed by atoms with van der Waals surface area (Å²) >= 11 is 0. The number of amides is 1. The molecule has 0 aromatic heterocycles. The maximum absolute atomic E-state index is 11.7. The van der Waals surface area contributed by atoms with E-state index < -0.39 is 0 Å². The van der Waals surface area contributed by atoms with Gasteiger partial charge in [-0.25, -0.2) is 0 Å². The number of nitrogens with one attached hydrogen (secondary N) is 1. The fourth-order valence-corrected chi connectivity index (χ4v) is 3.36. The number of anilines is 1. The molecule has 0 bridgehead atoms. The first-order valence-electron chi connectivity index (χ1n) is 7.47. The molecule has 3 rings (SSSR count). The minimum Gasteiger partial charge on any atom is -0.368 e. The lowest BCUT2D eigenvalue weighted by atomic mass is 10.1. The van der Waals surface area contributed by atoms with Crippen LogP contribution in [0.1, 0.15) is 24.0 Å². The lowest BCUT2D eigenvalue weighted by Crippen LogP contribution is -2.51. The standard InChI is InChI=1S/C16H23N3O/c1-12-9-14(4-3-13(12)10-17-2)18-7-8-19-15(11-18)5-6-16(19)20/h3-4,9,15,17H,5-8,10-11H2,1-2H3. The second kappa shape index (κ2) is 5.44. The Morgan fingerprint density at radius 3 is 2.95 bits per heavy atom. The minimum atomic E-state index is 0.343. The van der Waals surface area contributed by atoms with Gasteiger partial charge in [0.05, 0.1) is 0 Å². The van der Waals surface area contributed by atoms with Gasteiger partial charge in [-0.15, -0.1) is 0 Å². The molecule has 2 fully saturated rings. The van der Waals surface area contributed by atoms with Crippen LogP contribution in [-0.2, 0) is 11.3 Å². The van der Waals surface area contributed by atoms with Crippen LogP contribution in [0, 0.1) is 6.92 Å². The van der Waals surface area contributed by atoms with Gasteiger partial charge in [-0.05, 0) is 43.7 Å². The highest BCUT2D eigenvalue weighted by molar-refractivity contribution is 5.79. The van der Waals surface area contributed by atoms with Gasteiger partial charge < -0.3 is 15.1 Å². The normalized spacial score (nSPS) is 22.3. The second-order valence-electron chi connectivity index (χ2n) is 5.87. The molecule has 2 heterocycles. The quantitative estimate of drug-likeness (QED) is 0.907. The van der Waals surface area contributed by atoms with E-state index in [0.29, 0.717) is 11.9 Å². The van der Waals surface area contributed by atoms with Crippen LogP contribution in [0.2, 0.25) is 0 Å². The molecule has 1 atom stereocenters. The van der Waals surface area contributed by atoms with Crippen LogP contribution in [-0.4, -0.2) is 43.5 Å². The van der Waals surface area contributed by atoms with Gasteiger partial charge in [0.25, 0.3) is 0 Å². The van der Waals surface area contributed by atoms with E-state index >= 15 is 0 Å². The van der Waals surface area contributed by atoms with Gasteiger partial charge in [0.2, 0.25) is 5.91 Å². The molecule has 0 spiro atoms. The summed E-state index contributed by atoms with van der Waals surface area (Å²) in [6, 6.07) is 7.13. The van der Waals surface area contributed by atoms with Crippen molar-refractivity contribution in [3.63, 3.8) is 0 Å². The maximum Gasteiger partial charge on any atom is 0.223 e. The Morgan fingerprint density at radius 1 is 1.35 bits per heavy atom. The van der Waals surface area contributed by atoms with E-state index in [9.17, 15) is 4.79 Å². The Morgan fingerprint density at radius 2 is 2.20 bits per heavy atom. The molecule has 2 saturated heterocycles. The molecule has 4 nitrogen and oxygen atoms in total. The lowest BCUT2D eigenvalue weighted by Gasteiger charge is -2.39. The van der Waals surface area contributed by atoms with Crippen LogP contribution in [0.3, 0.4) is 0 Å². The number of piperazine rings is 1. The Bertz CT molecular complexity index is 514. The molecule has 108 valence electrons. The highest BCUT2D eigenvalue weighted by atomic mass is 16.2. The van der Waals surface area contributed by atoms with Crippen molar-refractivity contribution >= 4 is 11.6 Å². The molecule has 0 saturated carbocycles. The maximum atomic E-state index is 11.7. The van der Waals surface area contributed by atoms with Crippen molar-refractivity contribution in [1.82, 2.24) is 10.2 Å². The van der Waals surface area contributed by atoms with Crippen LogP contribution in [0.5, 0.6) is 0 Å². The molecule has 1 unspecified atom stereocenters. The Hall–Kier alpha value is -1.55. The van der Waals surface area contributed by atoms with Crippen molar-refractivity contribution in [2.75, 3.05) is 31.6 Å². The molecule has 20 heavy (non-hydrogen) atoms. The van der Waals surface area contributed by atoms with Crippen molar-refractivity contribution in [1.29, 1.82) is 0 Å². The van der Waals surface area contributed by atoms with E-state index in [2.05, 4.69) is 40.2 Å². The molecular weight excluding hydrogens is 250 g/mol. The summed E-state index contributed by atoms with van der Waals surface area (Å²) in [5.41, 5.74) is 3.98. The predicted octanol–water partition coefficient (Wildman–Crippen LogP) is 1.53. The summed E-state index contributed by atoms with van der Waals surface area (Å²) in [5, 5.41) is 3.20. The molecule has 2 aliphatic rings. The van der Waals surface area contributed by atoms with E-state index in [1.54, 1.807) is 0 Å². The summed E-state index contributed by atoms with van der Waals surface area (Å²) in [6.45, 7) is 5.90. The van der Waals surface area contributed by atoms with E-state index in [0.717, 1.165) is 39.0 Å². The molecule has 0 aliphatic carbocycles. The summed E-state index contributed by atoms with van der Waals surface area (Å²) < 4.78 is 0. The van der Waals surface area contributed by atoms with Gasteiger partial charge in [-0.2, -0.15) is 0 Å². The van der Waals surface area contributed by atoms with Crippen molar-refractivity contribution in [2.45, 2.75) is 32.4 Å². The SMILES string of the molecule is CNCc1ccc(N2CCN3C(=O)CCC3C2)cc1C. The summed E-state index contributed by atoms with van der Waals surface area (Å²) in [7, 11) is 1.98. The van der Waals surface area contributed by atoms with Crippen molar-refractivity contribution < 1.29 is 4.79 Å². The van der Waals surface area contributed by atoms with Gasteiger partial charge in [0.15, 0.2) is 0 Å². The third-order valence-electron chi connectivity index (χ3n) is 4.55. The fraction of sp³-hybridized carbons (Fsp3) is 0.562. The number of aryl methyl sites for hydroxylation is 1. The predicted molar refractivity (Wildman–Crippen MR) is 80.9 cm³/mol. The van der Waals surface area contributed by atoms with E-state index in [1.165, 1.54) is 16.8 Å². The third kappa shape index (κ3) is 2.40. The third-order valence-corrected chi connectivity index (χ3v) is 4.55. The summed E-state index contributed by atoms with van der Waals surface area (Å²) in [5.74, 6) is 0.343. The number of carbonyl (C=O) groups is 1. The topological polar surface area (TPSA) is 35.6 Å². The molecular formula is C16H23N3O. The molecule has 1 N–H and O–H groups in total. The number of carbonyl (C=O) groups excluding carboxylic acids is 1. The molecule has 1 aromatic carbocycles. The number of rotatable bonds is 3. The molecule has 1 amide bonds. The Kier molecular flexibility index (Phi) is 3.66. The number of benzene rings is 1. The van der Waals surface area contributed by atoms with Gasteiger partial charge in [0, 0.05) is 44.3 Å². The Labute approximate surface area is 120 Å². The number of hydrogen-bond acceptors (Lipinski definition) is 3. The zero-order valence-electron chi connectivity index (χ0n) is 12.4. The van der Waals surface area contributed by atoms with E-state index in [-0.39, 0.29) is 0 Å². The first-order chi connectivity index (χ1) is 9.69. The number of nitrogens with zero attached hydrogens (tertiary/aromatic N) is 2. The minimum absolute atomic E-state index is 0.343. The molecule has 4 heteroatoms. The van der Waals surface area contributed by atoms with Gasteiger partial charge >= 0.3 is 0 Å². The van der Waals surface area contributed by atoms with Crippen LogP contribution in [0.15, 0.2) is 18.2 Å². The van der Waals surface area contributed by atoms with Crippen LogP contribution >= 0.6 is 0 Å². The van der Waals surface area contributed by atoms with E-state index in [1.807, 2.05) is 7.05 Å². The highest BCUT2D eigenvalue weighted by Crippen LogP contribution is 2.27. The average Bonchev–Trinajstić information content (AvgIpc) is 2.82. The van der Waals surface area contributed by atoms with Gasteiger partial charge in [-0.1, -0.05) is 6.07 Å². The Balaban J connectivity index is 1.74. The largest absolute Gasteiger partial charge is 0.368 e. The molecule has 0 radical (unpaired) electrons. The van der Waals surface area contributed by atoms with Crippen LogP contribution in [0.4, 0.5) is 5.69 Å². The monoisotopic (exact) mass is 273 g/mol. The smallest absolute Gasteiger partial charge is 0.223 e. The highest BCUT2D eigenvalue weighted by Gasteiger charge is 2.35. The zero-order valence-corrected chi connectivity index (χ0v) is 12.4. The fourth-order valence-electron chi connectivity index (χ4n) is 3.36. The molecule has 2 aliphatic heterocycles.